The first-order valence-corrected chi connectivity index (χ1v) is 14.2. The first-order chi connectivity index (χ1) is 17.4. The summed E-state index contributed by atoms with van der Waals surface area (Å²) in [6.45, 7) is 14.0. The second kappa shape index (κ2) is 12.4. The number of carbonyl (C=O) groups excluding carboxylic acids is 1. The van der Waals surface area contributed by atoms with Crippen molar-refractivity contribution in [3.05, 3.63) is 62.9 Å². The lowest BCUT2D eigenvalue weighted by Crippen LogP contribution is -2.32. The summed E-state index contributed by atoms with van der Waals surface area (Å²) in [5, 5.41) is 10.8. The fraction of sp³-hybridized carbons (Fsp3) is 0.500. The van der Waals surface area contributed by atoms with E-state index in [9.17, 15) is 14.5 Å². The molecule has 1 aliphatic rings. The molecule has 6 atom stereocenters. The lowest BCUT2D eigenvalue weighted by atomic mass is 10.1. The molecule has 1 fully saturated rings. The third-order valence-corrected chi connectivity index (χ3v) is 8.34. The molecule has 1 aromatic carbocycles. The summed E-state index contributed by atoms with van der Waals surface area (Å²) in [5.41, 5.74) is 0.716. The van der Waals surface area contributed by atoms with Gasteiger partial charge in [0.1, 0.15) is 16.5 Å². The summed E-state index contributed by atoms with van der Waals surface area (Å²) in [7, 11) is -3.93. The molecule has 2 aromatic rings. The zero-order chi connectivity index (χ0) is 27.3. The van der Waals surface area contributed by atoms with E-state index in [2.05, 4.69) is 9.83 Å². The van der Waals surface area contributed by atoms with Crippen LogP contribution in [0.3, 0.4) is 0 Å². The molecular formula is C24H30N3O7PS2. The molecule has 3 rings (SSSR count). The minimum atomic E-state index is -3.93. The number of ether oxygens (including phenoxy) is 2. The molecule has 0 bridgehead atoms. The number of nitrogens with one attached hydrogen (secondary N) is 1. The lowest BCUT2D eigenvalue weighted by molar-refractivity contribution is -0.151. The number of nitrogens with zero attached hydrogens (tertiary/aromatic N) is 2. The minimum absolute atomic E-state index is 0.235. The number of aliphatic hydroxyl groups is 1. The van der Waals surface area contributed by atoms with E-state index in [1.54, 1.807) is 64.2 Å². The number of benzene rings is 1. The van der Waals surface area contributed by atoms with E-state index in [0.29, 0.717) is 16.0 Å². The fourth-order valence-electron chi connectivity index (χ4n) is 3.72. The van der Waals surface area contributed by atoms with Crippen molar-refractivity contribution in [3.63, 3.8) is 0 Å². The maximum Gasteiger partial charge on any atom is 0.380 e. The van der Waals surface area contributed by atoms with E-state index in [0.717, 1.165) is 0 Å². The Balaban J connectivity index is 1.81. The van der Waals surface area contributed by atoms with E-state index in [1.165, 1.54) is 4.57 Å². The average molecular weight is 568 g/mol. The number of hydrogen-bond donors (Lipinski definition) is 2. The molecule has 1 aliphatic heterocycles. The van der Waals surface area contributed by atoms with Crippen molar-refractivity contribution in [1.29, 1.82) is 0 Å². The molecule has 0 aliphatic carbocycles. The Morgan fingerprint density at radius 1 is 1.30 bits per heavy atom. The third-order valence-electron chi connectivity index (χ3n) is 5.58. The summed E-state index contributed by atoms with van der Waals surface area (Å²) < 4.78 is 38.7. The van der Waals surface area contributed by atoms with Gasteiger partial charge in [0.15, 0.2) is 10.9 Å². The average Bonchev–Trinajstić information content (AvgIpc) is 3.15. The Bertz CT molecular complexity index is 1310. The van der Waals surface area contributed by atoms with Crippen LogP contribution in [-0.4, -0.2) is 57.7 Å². The maximum atomic E-state index is 13.8. The number of esters is 1. The molecule has 2 heterocycles. The normalized spacial score (nSPS) is 23.7. The highest BCUT2D eigenvalue weighted by Crippen LogP contribution is 2.50. The van der Waals surface area contributed by atoms with E-state index in [4.69, 9.17) is 49.5 Å². The number of carbonyl (C=O) groups is 1. The predicted octanol–water partition coefficient (Wildman–Crippen LogP) is 5.01. The number of H-pyrrole nitrogens is 1. The highest BCUT2D eigenvalue weighted by atomic mass is 32.1. The van der Waals surface area contributed by atoms with Crippen LogP contribution in [0.15, 0.2) is 36.5 Å². The largest absolute Gasteiger partial charge is 0.463 e. The van der Waals surface area contributed by atoms with Gasteiger partial charge in [-0.05, 0) is 45.1 Å². The number of aryl methyl sites for hydroxylation is 1. The fourth-order valence-corrected chi connectivity index (χ4v) is 6.06. The molecule has 13 heteroatoms. The maximum absolute atomic E-state index is 13.8. The van der Waals surface area contributed by atoms with Crippen LogP contribution in [0.5, 0.6) is 5.75 Å². The second-order valence-corrected chi connectivity index (χ2v) is 11.9. The van der Waals surface area contributed by atoms with Gasteiger partial charge in [0.05, 0.1) is 24.8 Å². The number of para-hydroxylation sites is 1. The molecule has 0 amide bonds. The van der Waals surface area contributed by atoms with E-state index in [1.807, 2.05) is 0 Å². The van der Waals surface area contributed by atoms with E-state index in [-0.39, 0.29) is 23.6 Å². The van der Waals surface area contributed by atoms with Gasteiger partial charge in [-0.2, -0.15) is 0 Å². The number of aromatic amines is 1. The Morgan fingerprint density at radius 3 is 2.59 bits per heavy atom. The van der Waals surface area contributed by atoms with Gasteiger partial charge in [0, 0.05) is 11.8 Å². The summed E-state index contributed by atoms with van der Waals surface area (Å²) in [6, 6.07) is 7.42. The molecule has 2 N–H and O–H groups in total. The highest BCUT2D eigenvalue weighted by Gasteiger charge is 2.51. The van der Waals surface area contributed by atoms with Crippen molar-refractivity contribution in [3.8, 4) is 5.75 Å². The van der Waals surface area contributed by atoms with Gasteiger partial charge in [0.2, 0.25) is 6.23 Å². The van der Waals surface area contributed by atoms with Crippen molar-refractivity contribution in [2.75, 3.05) is 12.8 Å². The Labute approximate surface area is 225 Å². The van der Waals surface area contributed by atoms with Crippen LogP contribution < -0.4 is 4.52 Å². The number of aromatic nitrogens is 2. The van der Waals surface area contributed by atoms with Gasteiger partial charge < -0.3 is 28.9 Å². The highest BCUT2D eigenvalue weighted by molar-refractivity contribution is 7.72. The van der Waals surface area contributed by atoms with Crippen molar-refractivity contribution in [2.24, 2.45) is 5.92 Å². The molecule has 0 radical (unpaired) electrons. The van der Waals surface area contributed by atoms with Gasteiger partial charge in [-0.1, -0.05) is 37.3 Å². The number of aliphatic hydroxyl groups excluding tert-OH is 1. The van der Waals surface area contributed by atoms with Gasteiger partial charge in [-0.15, -0.1) is 0 Å². The summed E-state index contributed by atoms with van der Waals surface area (Å²) in [6.07, 6.45) is -2.14. The summed E-state index contributed by atoms with van der Waals surface area (Å²) in [5.74, 6) is -1.03. The van der Waals surface area contributed by atoms with Crippen molar-refractivity contribution >= 4 is 38.0 Å². The van der Waals surface area contributed by atoms with Crippen LogP contribution in [0.1, 0.15) is 32.6 Å². The standard InChI is InChI=1S/C24H30N3O7PS2/c1-14(2)32-23(29)16(4)13-35(30,34-17-9-7-6-8-10-17)31-12-18-20(28)19(25-5)22(33-18)27-11-15(3)21(36)26-24(27)37/h6-11,14,16,18-20,22,28H,12-13H2,1-4H3,(H,26,36,37)/t16-,18+,19-,20?,22+,35-/m1/s1. The lowest BCUT2D eigenvalue weighted by Gasteiger charge is -2.24. The molecule has 10 nitrogen and oxygen atoms in total. The van der Waals surface area contributed by atoms with Crippen LogP contribution in [0, 0.1) is 28.8 Å². The van der Waals surface area contributed by atoms with E-state index < -0.39 is 44.0 Å². The molecular weight excluding hydrogens is 537 g/mol. The first kappa shape index (κ1) is 29.2. The van der Waals surface area contributed by atoms with Gasteiger partial charge in [0.25, 0.3) is 6.04 Å². The van der Waals surface area contributed by atoms with Crippen molar-refractivity contribution in [1.82, 2.24) is 9.55 Å². The second-order valence-electron chi connectivity index (χ2n) is 9.03. The Kier molecular flexibility index (Phi) is 9.80. The molecule has 1 aromatic heterocycles. The molecule has 1 saturated heterocycles. The molecule has 1 unspecified atom stereocenters. The quantitative estimate of drug-likeness (QED) is 0.177. The molecule has 37 heavy (non-hydrogen) atoms. The smallest absolute Gasteiger partial charge is 0.380 e. The van der Waals surface area contributed by atoms with E-state index >= 15 is 0 Å². The van der Waals surface area contributed by atoms with Gasteiger partial charge in [-0.3, -0.25) is 13.9 Å². The Hall–Kier alpha value is -2.39. The predicted molar refractivity (Wildman–Crippen MR) is 141 cm³/mol. The topological polar surface area (TPSA) is 116 Å². The van der Waals surface area contributed by atoms with Gasteiger partial charge >= 0.3 is 13.6 Å². The summed E-state index contributed by atoms with van der Waals surface area (Å²) in [4.78, 5) is 18.8. The van der Waals surface area contributed by atoms with Crippen molar-refractivity contribution < 1.29 is 33.0 Å². The van der Waals surface area contributed by atoms with Crippen LogP contribution in [0.4, 0.5) is 0 Å². The number of rotatable bonds is 10. The first-order valence-electron chi connectivity index (χ1n) is 11.6. The summed E-state index contributed by atoms with van der Waals surface area (Å²) >= 11 is 10.6. The molecule has 0 spiro atoms. The minimum Gasteiger partial charge on any atom is -0.463 e. The van der Waals surface area contributed by atoms with Crippen LogP contribution in [-0.2, 0) is 23.4 Å². The SMILES string of the molecule is [C-]#[N+][C@@H]1C(O)[C@H](CO[P@](=O)(C[C@@H](C)C(=O)OC(C)C)Oc2ccccc2)O[C@@H]1n1cc(C)c(=S)[nH]c1=S. The van der Waals surface area contributed by atoms with Crippen molar-refractivity contribution in [2.45, 2.75) is 58.3 Å². The monoisotopic (exact) mass is 567 g/mol. The van der Waals surface area contributed by atoms with Crippen LogP contribution in [0.2, 0.25) is 0 Å². The van der Waals surface area contributed by atoms with Crippen LogP contribution >= 0.6 is 32.0 Å². The third kappa shape index (κ3) is 7.35. The number of hydrogen-bond acceptors (Lipinski definition) is 9. The Morgan fingerprint density at radius 2 is 1.97 bits per heavy atom. The van der Waals surface area contributed by atoms with Crippen LogP contribution in [0.25, 0.3) is 4.85 Å². The molecule has 0 saturated carbocycles. The zero-order valence-electron chi connectivity index (χ0n) is 20.9. The molecule has 200 valence electrons. The zero-order valence-corrected chi connectivity index (χ0v) is 23.4. The van der Waals surface area contributed by atoms with Gasteiger partial charge in [-0.25, -0.2) is 11.1 Å².